The summed E-state index contributed by atoms with van der Waals surface area (Å²) in [5, 5.41) is 0. The first kappa shape index (κ1) is 26.0. The molecule has 0 spiro atoms. The van der Waals surface area contributed by atoms with Crippen LogP contribution < -0.4 is 15.2 Å². The van der Waals surface area contributed by atoms with Crippen molar-refractivity contribution in [1.82, 2.24) is 9.13 Å². The summed E-state index contributed by atoms with van der Waals surface area (Å²) in [7, 11) is -2.06. The van der Waals surface area contributed by atoms with Crippen molar-refractivity contribution in [2.45, 2.75) is 19.6 Å². The summed E-state index contributed by atoms with van der Waals surface area (Å²) in [6.45, 7) is 9.28. The van der Waals surface area contributed by atoms with Crippen molar-refractivity contribution >= 4 is 20.9 Å². The van der Waals surface area contributed by atoms with Gasteiger partial charge in [-0.25, -0.2) is 28.7 Å². The highest BCUT2D eigenvalue weighted by atomic mass is 32.2. The zero-order valence-electron chi connectivity index (χ0n) is 20.6. The standard InChI is InChI=1S/C27H26FN3O5S/c1-5-36-26-15-19(11-13-25(26)35-3)24(16-37(4,33)34)31-22-12-10-18(20-8-6-7-9-21(20)28)14-23(22)30(17-29-2)27(31)32/h6-15,24H,5,16-17H2,1,3-4H3/t24-/m1/s1. The summed E-state index contributed by atoms with van der Waals surface area (Å²) in [6, 6.07) is 15.3. The summed E-state index contributed by atoms with van der Waals surface area (Å²) in [6.07, 6.45) is 1.10. The lowest BCUT2D eigenvalue weighted by Crippen LogP contribution is -2.31. The lowest BCUT2D eigenvalue weighted by atomic mass is 10.0. The second-order valence-electron chi connectivity index (χ2n) is 8.52. The number of methoxy groups -OCH3 is 1. The van der Waals surface area contributed by atoms with Gasteiger partial charge in [-0.1, -0.05) is 30.3 Å². The van der Waals surface area contributed by atoms with Gasteiger partial charge in [-0.2, -0.15) is 0 Å². The molecule has 0 radical (unpaired) electrons. The van der Waals surface area contributed by atoms with Crippen molar-refractivity contribution in [3.05, 3.63) is 93.9 Å². The van der Waals surface area contributed by atoms with Crippen LogP contribution in [0.15, 0.2) is 65.5 Å². The predicted molar refractivity (Wildman–Crippen MR) is 140 cm³/mol. The molecule has 0 aliphatic heterocycles. The Hall–Kier alpha value is -4.10. The van der Waals surface area contributed by atoms with Gasteiger partial charge in [-0.3, -0.25) is 9.41 Å². The second-order valence-corrected chi connectivity index (χ2v) is 10.7. The van der Waals surface area contributed by atoms with Crippen molar-refractivity contribution in [1.29, 1.82) is 0 Å². The highest BCUT2D eigenvalue weighted by molar-refractivity contribution is 7.90. The zero-order valence-corrected chi connectivity index (χ0v) is 21.5. The summed E-state index contributed by atoms with van der Waals surface area (Å²) >= 11 is 0. The number of ether oxygens (including phenoxy) is 2. The van der Waals surface area contributed by atoms with Crippen LogP contribution in [0.2, 0.25) is 0 Å². The molecule has 0 saturated heterocycles. The molecule has 1 aromatic heterocycles. The number of imidazole rings is 1. The maximum Gasteiger partial charge on any atom is 0.335 e. The van der Waals surface area contributed by atoms with Gasteiger partial charge in [0.15, 0.2) is 11.5 Å². The first-order valence-electron chi connectivity index (χ1n) is 11.5. The molecule has 4 rings (SSSR count). The van der Waals surface area contributed by atoms with Gasteiger partial charge in [-0.05, 0) is 48.4 Å². The largest absolute Gasteiger partial charge is 0.493 e. The van der Waals surface area contributed by atoms with E-state index < -0.39 is 27.4 Å². The van der Waals surface area contributed by atoms with Crippen molar-refractivity contribution in [2.75, 3.05) is 25.7 Å². The van der Waals surface area contributed by atoms with Crippen LogP contribution in [0, 0.1) is 12.4 Å². The third-order valence-electron chi connectivity index (χ3n) is 6.00. The number of hydrogen-bond donors (Lipinski definition) is 0. The monoisotopic (exact) mass is 523 g/mol. The molecule has 0 fully saturated rings. The van der Waals surface area contributed by atoms with Gasteiger partial charge < -0.3 is 9.47 Å². The Kier molecular flexibility index (Phi) is 7.36. The van der Waals surface area contributed by atoms with Crippen LogP contribution >= 0.6 is 0 Å². The van der Waals surface area contributed by atoms with Crippen molar-refractivity contribution in [2.24, 2.45) is 0 Å². The fourth-order valence-corrected chi connectivity index (χ4v) is 5.34. The number of fused-ring (bicyclic) bond motifs is 1. The van der Waals surface area contributed by atoms with Crippen LogP contribution in [0.3, 0.4) is 0 Å². The highest BCUT2D eigenvalue weighted by Gasteiger charge is 2.27. The molecule has 8 nitrogen and oxygen atoms in total. The summed E-state index contributed by atoms with van der Waals surface area (Å²) in [4.78, 5) is 17.1. The SMILES string of the molecule is [C-]#[N+]Cn1c(=O)n([C@H](CS(C)(=O)=O)c2ccc(OC)c(OCC)c2)c2ccc(-c3ccccc3F)cc21. The fraction of sp³-hybridized carbons (Fsp3) is 0.259. The van der Waals surface area contributed by atoms with E-state index in [4.69, 9.17) is 16.0 Å². The van der Waals surface area contributed by atoms with Crippen LogP contribution in [0.1, 0.15) is 18.5 Å². The van der Waals surface area contributed by atoms with Crippen LogP contribution in [0.4, 0.5) is 4.39 Å². The van der Waals surface area contributed by atoms with Crippen LogP contribution in [0.25, 0.3) is 27.0 Å². The summed E-state index contributed by atoms with van der Waals surface area (Å²) in [5.41, 5.74) is 1.69. The molecule has 4 aromatic rings. The molecule has 0 bridgehead atoms. The lowest BCUT2D eigenvalue weighted by Gasteiger charge is -2.20. The van der Waals surface area contributed by atoms with Crippen LogP contribution in [-0.4, -0.2) is 43.3 Å². The van der Waals surface area contributed by atoms with E-state index in [0.29, 0.717) is 45.8 Å². The molecular formula is C27H26FN3O5S. The molecule has 1 heterocycles. The summed E-state index contributed by atoms with van der Waals surface area (Å²) in [5.74, 6) is 0.107. The molecule has 0 aliphatic carbocycles. The fourth-order valence-electron chi connectivity index (χ4n) is 4.43. The maximum absolute atomic E-state index is 14.5. The molecule has 192 valence electrons. The molecule has 0 amide bonds. The molecule has 0 N–H and O–H groups in total. The first-order chi connectivity index (χ1) is 17.7. The number of sulfone groups is 1. The molecule has 0 unspecified atom stereocenters. The predicted octanol–water partition coefficient (Wildman–Crippen LogP) is 4.53. The van der Waals surface area contributed by atoms with E-state index in [1.807, 2.05) is 6.92 Å². The number of rotatable bonds is 9. The van der Waals surface area contributed by atoms with E-state index in [0.717, 1.165) is 6.26 Å². The Morgan fingerprint density at radius 1 is 1.05 bits per heavy atom. The Bertz CT molecular complexity index is 1670. The highest BCUT2D eigenvalue weighted by Crippen LogP contribution is 2.34. The van der Waals surface area contributed by atoms with Gasteiger partial charge in [-0.15, -0.1) is 0 Å². The van der Waals surface area contributed by atoms with Gasteiger partial charge >= 0.3 is 5.69 Å². The topological polar surface area (TPSA) is 83.9 Å². The molecular weight excluding hydrogens is 497 g/mol. The quantitative estimate of drug-likeness (QED) is 0.301. The zero-order chi connectivity index (χ0) is 26.7. The van der Waals surface area contributed by atoms with Crippen LogP contribution in [0.5, 0.6) is 11.5 Å². The first-order valence-corrected chi connectivity index (χ1v) is 13.6. The third-order valence-corrected chi connectivity index (χ3v) is 6.93. The summed E-state index contributed by atoms with van der Waals surface area (Å²) < 4.78 is 53.2. The van der Waals surface area contributed by atoms with Crippen LogP contribution in [-0.2, 0) is 16.5 Å². The Balaban J connectivity index is 1.99. The Morgan fingerprint density at radius 2 is 1.81 bits per heavy atom. The lowest BCUT2D eigenvalue weighted by molar-refractivity contribution is 0.310. The number of aromatic nitrogens is 2. The van der Waals surface area contributed by atoms with Gasteiger partial charge in [0.1, 0.15) is 15.7 Å². The van der Waals surface area contributed by atoms with Crippen molar-refractivity contribution in [3.8, 4) is 22.6 Å². The maximum atomic E-state index is 14.5. The number of hydrogen-bond acceptors (Lipinski definition) is 5. The molecule has 0 aliphatic rings. The number of halogens is 1. The minimum atomic E-state index is -3.56. The Labute approximate surface area is 214 Å². The number of benzene rings is 3. The minimum absolute atomic E-state index is 0.276. The molecule has 3 aromatic carbocycles. The van der Waals surface area contributed by atoms with Gasteiger partial charge in [0, 0.05) is 11.8 Å². The van der Waals surface area contributed by atoms with Gasteiger partial charge in [0.05, 0.1) is 36.5 Å². The van der Waals surface area contributed by atoms with E-state index >= 15 is 0 Å². The second kappa shape index (κ2) is 10.5. The average molecular weight is 524 g/mol. The average Bonchev–Trinajstić information content (AvgIpc) is 3.13. The van der Waals surface area contributed by atoms with E-state index in [9.17, 15) is 17.6 Å². The smallest absolute Gasteiger partial charge is 0.335 e. The normalized spacial score (nSPS) is 12.3. The van der Waals surface area contributed by atoms with Gasteiger partial charge in [0.2, 0.25) is 0 Å². The van der Waals surface area contributed by atoms with E-state index in [2.05, 4.69) is 4.85 Å². The van der Waals surface area contributed by atoms with E-state index in [1.54, 1.807) is 54.6 Å². The molecule has 0 saturated carbocycles. The Morgan fingerprint density at radius 3 is 2.46 bits per heavy atom. The van der Waals surface area contributed by atoms with E-state index in [1.165, 1.54) is 22.3 Å². The molecule has 10 heteroatoms. The van der Waals surface area contributed by atoms with Crippen molar-refractivity contribution < 1.29 is 22.3 Å². The van der Waals surface area contributed by atoms with Gasteiger partial charge in [0.25, 0.3) is 6.67 Å². The number of nitrogens with zero attached hydrogens (tertiary/aromatic N) is 3. The molecule has 37 heavy (non-hydrogen) atoms. The van der Waals surface area contributed by atoms with Crippen molar-refractivity contribution in [3.63, 3.8) is 0 Å². The molecule has 1 atom stereocenters. The third kappa shape index (κ3) is 5.22. The minimum Gasteiger partial charge on any atom is -0.493 e. The van der Waals surface area contributed by atoms with E-state index in [-0.39, 0.29) is 12.4 Å².